The van der Waals surface area contributed by atoms with Gasteiger partial charge >= 0.3 is 0 Å². The Morgan fingerprint density at radius 3 is 2.95 bits per heavy atom. The number of benzene rings is 1. The summed E-state index contributed by atoms with van der Waals surface area (Å²) in [6.45, 7) is 8.67. The van der Waals surface area contributed by atoms with Crippen LogP contribution in [-0.4, -0.2) is 30.1 Å². The van der Waals surface area contributed by atoms with Crippen LogP contribution in [0.3, 0.4) is 0 Å². The van der Waals surface area contributed by atoms with Crippen LogP contribution in [0.25, 0.3) is 0 Å². The molecule has 0 radical (unpaired) electrons. The number of halogens is 1. The highest BCUT2D eigenvalue weighted by Crippen LogP contribution is 2.30. The maximum absolute atomic E-state index is 6.19. The third-order valence-electron chi connectivity index (χ3n) is 3.43. The molecule has 0 spiro atoms. The highest BCUT2D eigenvalue weighted by atomic mass is 35.5. The Morgan fingerprint density at radius 2 is 2.26 bits per heavy atom. The van der Waals surface area contributed by atoms with E-state index in [1.807, 2.05) is 17.8 Å². The average molecular weight is 299 g/mol. The molecule has 2 rings (SSSR count). The van der Waals surface area contributed by atoms with Gasteiger partial charge in [-0.2, -0.15) is 11.8 Å². The zero-order valence-corrected chi connectivity index (χ0v) is 13.5. The number of hydrogen-bond acceptors (Lipinski definition) is 3. The van der Waals surface area contributed by atoms with Gasteiger partial charge in [-0.1, -0.05) is 31.5 Å². The minimum Gasteiger partial charge on any atom is -0.367 e. The molecule has 0 aromatic heterocycles. The molecule has 1 aromatic carbocycles. The van der Waals surface area contributed by atoms with Gasteiger partial charge in [-0.15, -0.1) is 0 Å². The topological polar surface area (TPSA) is 15.3 Å². The van der Waals surface area contributed by atoms with Crippen LogP contribution in [0.1, 0.15) is 26.3 Å². The normalized spacial score (nSPS) is 20.1. The van der Waals surface area contributed by atoms with Crippen LogP contribution in [0.15, 0.2) is 18.2 Å². The lowest BCUT2D eigenvalue weighted by Gasteiger charge is -2.36. The summed E-state index contributed by atoms with van der Waals surface area (Å²) in [4.78, 5) is 2.50. The zero-order valence-electron chi connectivity index (χ0n) is 11.9. The van der Waals surface area contributed by atoms with Gasteiger partial charge < -0.3 is 10.2 Å². The number of nitrogens with one attached hydrogen (secondary N) is 1. The number of hydrogen-bond donors (Lipinski definition) is 1. The number of rotatable bonds is 4. The van der Waals surface area contributed by atoms with Crippen LogP contribution in [0.4, 0.5) is 5.69 Å². The molecule has 0 aliphatic carbocycles. The Morgan fingerprint density at radius 1 is 1.47 bits per heavy atom. The van der Waals surface area contributed by atoms with Crippen molar-refractivity contribution in [1.82, 2.24) is 5.32 Å². The van der Waals surface area contributed by atoms with E-state index in [0.717, 1.165) is 18.1 Å². The van der Waals surface area contributed by atoms with Gasteiger partial charge in [0.1, 0.15) is 0 Å². The third-order valence-corrected chi connectivity index (χ3v) is 4.85. The summed E-state index contributed by atoms with van der Waals surface area (Å²) < 4.78 is 0. The predicted molar refractivity (Wildman–Crippen MR) is 87.6 cm³/mol. The van der Waals surface area contributed by atoms with Crippen LogP contribution in [0.5, 0.6) is 0 Å². The predicted octanol–water partition coefficient (Wildman–Crippen LogP) is 3.78. The maximum atomic E-state index is 6.19. The van der Waals surface area contributed by atoms with E-state index in [1.54, 1.807) is 0 Å². The molecule has 1 fully saturated rings. The van der Waals surface area contributed by atoms with Gasteiger partial charge in [0.2, 0.25) is 0 Å². The van der Waals surface area contributed by atoms with Crippen LogP contribution in [0, 0.1) is 0 Å². The first-order valence-electron chi connectivity index (χ1n) is 6.94. The van der Waals surface area contributed by atoms with E-state index in [-0.39, 0.29) is 0 Å². The Balaban J connectivity index is 2.23. The average Bonchev–Trinajstić information content (AvgIpc) is 2.37. The second kappa shape index (κ2) is 6.87. The molecule has 1 aromatic rings. The SMILES string of the molecule is CC(C)NCc1ccc(Cl)cc1N1CCSCC1C. The molecule has 19 heavy (non-hydrogen) atoms. The molecule has 1 unspecified atom stereocenters. The Kier molecular flexibility index (Phi) is 5.43. The molecule has 1 aliphatic rings. The number of nitrogens with zero attached hydrogens (tertiary/aromatic N) is 1. The fraction of sp³-hybridized carbons (Fsp3) is 0.600. The van der Waals surface area contributed by atoms with Crippen LogP contribution < -0.4 is 10.2 Å². The third kappa shape index (κ3) is 4.04. The Hall–Kier alpha value is -0.380. The molecule has 1 aliphatic heterocycles. The minimum absolute atomic E-state index is 0.498. The van der Waals surface area contributed by atoms with Crippen molar-refractivity contribution in [3.05, 3.63) is 28.8 Å². The summed E-state index contributed by atoms with van der Waals surface area (Å²) in [5, 5.41) is 4.33. The molecule has 106 valence electrons. The van der Waals surface area contributed by atoms with E-state index in [0.29, 0.717) is 12.1 Å². The van der Waals surface area contributed by atoms with E-state index >= 15 is 0 Å². The van der Waals surface area contributed by atoms with E-state index in [9.17, 15) is 0 Å². The summed E-state index contributed by atoms with van der Waals surface area (Å²) in [5.74, 6) is 2.40. The number of thioether (sulfide) groups is 1. The van der Waals surface area contributed by atoms with Crippen molar-refractivity contribution in [3.63, 3.8) is 0 Å². The van der Waals surface area contributed by atoms with Crippen molar-refractivity contribution in [1.29, 1.82) is 0 Å². The Bertz CT molecular complexity index is 423. The fourth-order valence-corrected chi connectivity index (χ4v) is 3.53. The first-order valence-corrected chi connectivity index (χ1v) is 8.47. The van der Waals surface area contributed by atoms with E-state index < -0.39 is 0 Å². The lowest BCUT2D eigenvalue weighted by atomic mass is 10.1. The highest BCUT2D eigenvalue weighted by Gasteiger charge is 2.21. The lowest BCUT2D eigenvalue weighted by Crippen LogP contribution is -2.41. The summed E-state index contributed by atoms with van der Waals surface area (Å²) in [5.41, 5.74) is 2.64. The lowest BCUT2D eigenvalue weighted by molar-refractivity contribution is 0.586. The maximum Gasteiger partial charge on any atom is 0.0429 e. The monoisotopic (exact) mass is 298 g/mol. The fourth-order valence-electron chi connectivity index (χ4n) is 2.35. The minimum atomic E-state index is 0.498. The molecular weight excluding hydrogens is 276 g/mol. The first-order chi connectivity index (χ1) is 9.08. The second-order valence-electron chi connectivity index (χ2n) is 5.43. The van der Waals surface area contributed by atoms with Gasteiger partial charge in [-0.25, -0.2) is 0 Å². The van der Waals surface area contributed by atoms with Crippen LogP contribution in [0.2, 0.25) is 5.02 Å². The molecule has 1 atom stereocenters. The summed E-state index contributed by atoms with van der Waals surface area (Å²) >= 11 is 8.23. The molecule has 2 nitrogen and oxygen atoms in total. The Labute approximate surface area is 125 Å². The van der Waals surface area contributed by atoms with Crippen molar-refractivity contribution in [2.45, 2.75) is 39.4 Å². The molecule has 0 amide bonds. The van der Waals surface area contributed by atoms with Crippen LogP contribution in [-0.2, 0) is 6.54 Å². The zero-order chi connectivity index (χ0) is 13.8. The summed E-state index contributed by atoms with van der Waals surface area (Å²) in [6.07, 6.45) is 0. The molecule has 0 bridgehead atoms. The van der Waals surface area contributed by atoms with Gasteiger partial charge in [-0.05, 0) is 24.6 Å². The van der Waals surface area contributed by atoms with Crippen molar-refractivity contribution in [2.75, 3.05) is 23.0 Å². The highest BCUT2D eigenvalue weighted by molar-refractivity contribution is 7.99. The second-order valence-corrected chi connectivity index (χ2v) is 7.01. The van der Waals surface area contributed by atoms with Gasteiger partial charge in [-0.3, -0.25) is 0 Å². The van der Waals surface area contributed by atoms with Crippen molar-refractivity contribution in [3.8, 4) is 0 Å². The van der Waals surface area contributed by atoms with E-state index in [2.05, 4.69) is 43.1 Å². The molecule has 1 N–H and O–H groups in total. The van der Waals surface area contributed by atoms with Crippen molar-refractivity contribution in [2.24, 2.45) is 0 Å². The quantitative estimate of drug-likeness (QED) is 0.911. The van der Waals surface area contributed by atoms with Crippen molar-refractivity contribution >= 4 is 29.1 Å². The standard InChI is InChI=1S/C15H23ClN2S/c1-11(2)17-9-13-4-5-14(16)8-15(13)18-6-7-19-10-12(18)3/h4-5,8,11-12,17H,6-7,9-10H2,1-3H3. The number of anilines is 1. The van der Waals surface area contributed by atoms with Gasteiger partial charge in [0, 0.05) is 47.4 Å². The van der Waals surface area contributed by atoms with E-state index in [4.69, 9.17) is 11.6 Å². The molecule has 4 heteroatoms. The van der Waals surface area contributed by atoms with Gasteiger partial charge in [0.05, 0.1) is 0 Å². The van der Waals surface area contributed by atoms with Crippen molar-refractivity contribution < 1.29 is 0 Å². The molecule has 0 saturated carbocycles. The molecule has 1 heterocycles. The van der Waals surface area contributed by atoms with Gasteiger partial charge in [0.25, 0.3) is 0 Å². The smallest absolute Gasteiger partial charge is 0.0429 e. The largest absolute Gasteiger partial charge is 0.367 e. The van der Waals surface area contributed by atoms with Crippen LogP contribution >= 0.6 is 23.4 Å². The summed E-state index contributed by atoms with van der Waals surface area (Å²) in [7, 11) is 0. The molecule has 1 saturated heterocycles. The summed E-state index contributed by atoms with van der Waals surface area (Å²) in [6, 6.07) is 7.34. The molecular formula is C15H23ClN2S. The van der Waals surface area contributed by atoms with E-state index in [1.165, 1.54) is 22.8 Å². The first kappa shape index (κ1) is 15.0. The van der Waals surface area contributed by atoms with Gasteiger partial charge in [0.15, 0.2) is 0 Å².